The highest BCUT2D eigenvalue weighted by atomic mass is 79.9. The summed E-state index contributed by atoms with van der Waals surface area (Å²) in [5.74, 6) is 0.660. The lowest BCUT2D eigenvalue weighted by atomic mass is 9.87. The third-order valence-electron chi connectivity index (χ3n) is 5.57. The van der Waals surface area contributed by atoms with E-state index >= 15 is 0 Å². The van der Waals surface area contributed by atoms with Crippen LogP contribution in [0, 0.1) is 6.92 Å². The van der Waals surface area contributed by atoms with E-state index < -0.39 is 0 Å². The minimum Gasteiger partial charge on any atom is -0.272 e. The number of benzene rings is 3. The number of carbonyl (C=O) groups excluding carboxylic acids is 1. The van der Waals surface area contributed by atoms with E-state index in [-0.39, 0.29) is 17.1 Å². The normalized spacial score (nSPS) is 11.7. The number of thioether (sulfide) groups is 1. The molecule has 3 aromatic carbocycles. The van der Waals surface area contributed by atoms with Crippen molar-refractivity contribution in [1.29, 1.82) is 0 Å². The lowest BCUT2D eigenvalue weighted by Crippen LogP contribution is -2.20. The van der Waals surface area contributed by atoms with Crippen LogP contribution in [0.2, 0.25) is 0 Å². The van der Waals surface area contributed by atoms with Gasteiger partial charge in [-0.15, -0.1) is 10.2 Å². The zero-order valence-corrected chi connectivity index (χ0v) is 23.1. The average molecular weight is 563 g/mol. The van der Waals surface area contributed by atoms with Crippen LogP contribution in [0.3, 0.4) is 0 Å². The molecule has 0 spiro atoms. The molecule has 1 heterocycles. The Labute approximate surface area is 224 Å². The molecule has 0 radical (unpaired) electrons. The monoisotopic (exact) mass is 561 g/mol. The second-order valence-electron chi connectivity index (χ2n) is 9.41. The Bertz CT molecular complexity index is 1370. The predicted octanol–water partition coefficient (Wildman–Crippen LogP) is 6.55. The van der Waals surface area contributed by atoms with Crippen LogP contribution in [0.25, 0.3) is 17.1 Å². The zero-order chi connectivity index (χ0) is 25.7. The van der Waals surface area contributed by atoms with Crippen molar-refractivity contribution in [2.75, 3.05) is 5.75 Å². The number of amides is 1. The molecule has 1 aromatic heterocycles. The van der Waals surface area contributed by atoms with Crippen molar-refractivity contribution in [2.45, 2.75) is 38.3 Å². The molecule has 0 aliphatic rings. The first kappa shape index (κ1) is 25.9. The Balaban J connectivity index is 1.55. The minimum atomic E-state index is -0.224. The van der Waals surface area contributed by atoms with Crippen molar-refractivity contribution >= 4 is 39.8 Å². The highest BCUT2D eigenvalue weighted by Crippen LogP contribution is 2.30. The van der Waals surface area contributed by atoms with Crippen LogP contribution >= 0.6 is 27.7 Å². The van der Waals surface area contributed by atoms with E-state index in [1.807, 2.05) is 41.0 Å². The smallest absolute Gasteiger partial charge is 0.250 e. The molecular weight excluding hydrogens is 534 g/mol. The predicted molar refractivity (Wildman–Crippen MR) is 151 cm³/mol. The average Bonchev–Trinajstić information content (AvgIpc) is 3.28. The molecule has 0 aliphatic heterocycles. The van der Waals surface area contributed by atoms with Gasteiger partial charge in [-0.25, -0.2) is 5.43 Å². The van der Waals surface area contributed by atoms with Crippen molar-refractivity contribution in [3.63, 3.8) is 0 Å². The maximum atomic E-state index is 12.5. The fourth-order valence-corrected chi connectivity index (χ4v) is 4.64. The molecule has 1 amide bonds. The van der Waals surface area contributed by atoms with Gasteiger partial charge >= 0.3 is 0 Å². The summed E-state index contributed by atoms with van der Waals surface area (Å²) in [4.78, 5) is 12.5. The molecule has 6 nitrogen and oxygen atoms in total. The van der Waals surface area contributed by atoms with Gasteiger partial charge in [0.1, 0.15) is 0 Å². The Morgan fingerprint density at radius 1 is 1.03 bits per heavy atom. The zero-order valence-electron chi connectivity index (χ0n) is 20.7. The molecule has 1 N–H and O–H groups in total. The van der Waals surface area contributed by atoms with E-state index in [9.17, 15) is 4.79 Å². The lowest BCUT2D eigenvalue weighted by Gasteiger charge is -2.19. The van der Waals surface area contributed by atoms with Gasteiger partial charge in [0.15, 0.2) is 11.0 Å². The summed E-state index contributed by atoms with van der Waals surface area (Å²) < 4.78 is 2.90. The van der Waals surface area contributed by atoms with Gasteiger partial charge < -0.3 is 0 Å². The van der Waals surface area contributed by atoms with E-state index in [4.69, 9.17) is 0 Å². The molecule has 0 saturated heterocycles. The molecule has 36 heavy (non-hydrogen) atoms. The summed E-state index contributed by atoms with van der Waals surface area (Å²) in [5, 5.41) is 13.6. The van der Waals surface area contributed by atoms with E-state index in [1.54, 1.807) is 6.21 Å². The largest absolute Gasteiger partial charge is 0.272 e. The third-order valence-corrected chi connectivity index (χ3v) is 7.22. The Hall–Kier alpha value is -3.23. The minimum absolute atomic E-state index is 0.0661. The van der Waals surface area contributed by atoms with Gasteiger partial charge in [0.05, 0.1) is 12.0 Å². The van der Waals surface area contributed by atoms with Gasteiger partial charge in [-0.3, -0.25) is 9.36 Å². The summed E-state index contributed by atoms with van der Waals surface area (Å²) >= 11 is 4.79. The fourth-order valence-electron chi connectivity index (χ4n) is 3.51. The van der Waals surface area contributed by atoms with Gasteiger partial charge in [0.25, 0.3) is 5.91 Å². The summed E-state index contributed by atoms with van der Waals surface area (Å²) in [7, 11) is 0. The Morgan fingerprint density at radius 2 is 1.72 bits per heavy atom. The van der Waals surface area contributed by atoms with Crippen LogP contribution < -0.4 is 5.43 Å². The van der Waals surface area contributed by atoms with Gasteiger partial charge in [0.2, 0.25) is 0 Å². The van der Waals surface area contributed by atoms with E-state index in [0.29, 0.717) is 5.16 Å². The van der Waals surface area contributed by atoms with Gasteiger partial charge in [0, 0.05) is 21.3 Å². The van der Waals surface area contributed by atoms with Crippen LogP contribution in [0.1, 0.15) is 37.5 Å². The molecule has 0 atom stereocenters. The summed E-state index contributed by atoms with van der Waals surface area (Å²) in [6, 6.07) is 24.3. The number of nitrogens with zero attached hydrogens (tertiary/aromatic N) is 4. The first-order valence-electron chi connectivity index (χ1n) is 11.5. The SMILES string of the molecule is Cc1ccc(-n2c(SCC(=O)N/N=C\c3ccccc3Br)nnc2-c2ccc(C(C)(C)C)cc2)cc1. The van der Waals surface area contributed by atoms with Crippen LogP contribution in [0.5, 0.6) is 0 Å². The van der Waals surface area contributed by atoms with Gasteiger partial charge in [-0.1, -0.05) is 109 Å². The second-order valence-corrected chi connectivity index (χ2v) is 11.2. The molecule has 8 heteroatoms. The molecular formula is C28H28BrN5OS. The number of halogens is 1. The third kappa shape index (κ3) is 6.30. The van der Waals surface area contributed by atoms with Crippen LogP contribution in [-0.2, 0) is 10.2 Å². The summed E-state index contributed by atoms with van der Waals surface area (Å²) in [6.07, 6.45) is 1.61. The highest BCUT2D eigenvalue weighted by Gasteiger charge is 2.19. The van der Waals surface area contributed by atoms with Crippen molar-refractivity contribution in [2.24, 2.45) is 5.10 Å². The summed E-state index contributed by atoms with van der Waals surface area (Å²) in [6.45, 7) is 8.63. The van der Waals surface area contributed by atoms with Gasteiger partial charge in [-0.05, 0) is 36.1 Å². The molecule has 0 aliphatic carbocycles. The van der Waals surface area contributed by atoms with E-state index in [0.717, 1.165) is 27.1 Å². The maximum absolute atomic E-state index is 12.5. The van der Waals surface area contributed by atoms with Crippen molar-refractivity contribution in [3.05, 3.63) is 94.0 Å². The van der Waals surface area contributed by atoms with Crippen molar-refractivity contribution in [3.8, 4) is 17.1 Å². The van der Waals surface area contributed by atoms with E-state index in [2.05, 4.69) is 101 Å². The van der Waals surface area contributed by atoms with Crippen molar-refractivity contribution < 1.29 is 4.79 Å². The number of aromatic nitrogens is 3. The second kappa shape index (κ2) is 11.2. The van der Waals surface area contributed by atoms with Crippen LogP contribution in [0.4, 0.5) is 0 Å². The molecule has 184 valence electrons. The Morgan fingerprint density at radius 3 is 2.39 bits per heavy atom. The van der Waals surface area contributed by atoms with Crippen LogP contribution in [0.15, 0.2) is 87.5 Å². The fraction of sp³-hybridized carbons (Fsp3) is 0.214. The number of hydrogen-bond donors (Lipinski definition) is 1. The number of aryl methyl sites for hydroxylation is 1. The molecule has 4 aromatic rings. The first-order chi connectivity index (χ1) is 17.2. The standard InChI is InChI=1S/C28H28BrN5OS/c1-19-9-15-23(16-10-19)34-26(20-11-13-22(14-12-20)28(2,3)4)32-33-27(34)36-18-25(35)31-30-17-21-7-5-6-8-24(21)29/h5-17H,18H2,1-4H3,(H,31,35)/b30-17-. The number of hydrogen-bond acceptors (Lipinski definition) is 5. The highest BCUT2D eigenvalue weighted by molar-refractivity contribution is 9.10. The number of carbonyl (C=O) groups is 1. The van der Waals surface area contributed by atoms with Gasteiger partial charge in [-0.2, -0.15) is 5.10 Å². The number of nitrogens with one attached hydrogen (secondary N) is 1. The lowest BCUT2D eigenvalue weighted by molar-refractivity contribution is -0.118. The molecule has 0 unspecified atom stereocenters. The molecule has 4 rings (SSSR count). The molecule has 0 saturated carbocycles. The first-order valence-corrected chi connectivity index (χ1v) is 13.3. The van der Waals surface area contributed by atoms with Crippen LogP contribution in [-0.4, -0.2) is 32.6 Å². The maximum Gasteiger partial charge on any atom is 0.250 e. The topological polar surface area (TPSA) is 72.2 Å². The summed E-state index contributed by atoms with van der Waals surface area (Å²) in [5.41, 5.74) is 7.85. The van der Waals surface area contributed by atoms with Crippen molar-refractivity contribution in [1.82, 2.24) is 20.2 Å². The number of hydrazone groups is 1. The Kier molecular flexibility index (Phi) is 8.06. The molecule has 0 fully saturated rings. The molecule has 0 bridgehead atoms. The quantitative estimate of drug-likeness (QED) is 0.158. The van der Waals surface area contributed by atoms with E-state index in [1.165, 1.54) is 22.9 Å². The number of rotatable bonds is 7.